The van der Waals surface area contributed by atoms with Gasteiger partial charge in [-0.05, 0) is 25.7 Å². The van der Waals surface area contributed by atoms with Crippen molar-refractivity contribution in [3.05, 3.63) is 28.8 Å². The molecule has 1 aliphatic carbocycles. The molecule has 0 bridgehead atoms. The van der Waals surface area contributed by atoms with Crippen LogP contribution in [0.3, 0.4) is 0 Å². The SMILES string of the molecule is COc1cnc2ncc(=O)n(C3CCC(N)CC3)c2c1. The molecule has 6 nitrogen and oxygen atoms in total. The van der Waals surface area contributed by atoms with E-state index in [0.717, 1.165) is 31.2 Å². The highest BCUT2D eigenvalue weighted by atomic mass is 16.5. The van der Waals surface area contributed by atoms with Crippen LogP contribution in [0, 0.1) is 0 Å². The molecule has 1 aliphatic rings. The molecule has 0 spiro atoms. The number of fused-ring (bicyclic) bond motifs is 1. The monoisotopic (exact) mass is 274 g/mol. The van der Waals surface area contributed by atoms with E-state index in [1.54, 1.807) is 17.9 Å². The second-order valence-corrected chi connectivity index (χ2v) is 5.25. The number of aromatic nitrogens is 3. The van der Waals surface area contributed by atoms with Gasteiger partial charge in [-0.15, -0.1) is 0 Å². The zero-order valence-electron chi connectivity index (χ0n) is 11.5. The summed E-state index contributed by atoms with van der Waals surface area (Å²) in [6, 6.07) is 2.25. The van der Waals surface area contributed by atoms with Crippen LogP contribution in [0.5, 0.6) is 5.75 Å². The summed E-state index contributed by atoms with van der Waals surface area (Å²) in [5.41, 5.74) is 7.15. The van der Waals surface area contributed by atoms with Gasteiger partial charge in [0.2, 0.25) is 0 Å². The number of hydrogen-bond donors (Lipinski definition) is 1. The van der Waals surface area contributed by atoms with Crippen LogP contribution in [0.1, 0.15) is 31.7 Å². The molecule has 0 radical (unpaired) electrons. The van der Waals surface area contributed by atoms with Gasteiger partial charge in [-0.3, -0.25) is 4.79 Å². The first kappa shape index (κ1) is 13.1. The fourth-order valence-corrected chi connectivity index (χ4v) is 2.85. The molecule has 1 fully saturated rings. The molecule has 0 atom stereocenters. The van der Waals surface area contributed by atoms with Crippen molar-refractivity contribution >= 4 is 11.2 Å². The Morgan fingerprint density at radius 3 is 2.65 bits per heavy atom. The van der Waals surface area contributed by atoms with E-state index in [1.807, 2.05) is 6.07 Å². The number of hydrogen-bond acceptors (Lipinski definition) is 5. The van der Waals surface area contributed by atoms with E-state index in [2.05, 4.69) is 9.97 Å². The van der Waals surface area contributed by atoms with Gasteiger partial charge < -0.3 is 15.0 Å². The smallest absolute Gasteiger partial charge is 0.269 e. The third kappa shape index (κ3) is 2.27. The van der Waals surface area contributed by atoms with Gasteiger partial charge in [0.25, 0.3) is 5.56 Å². The molecule has 1 saturated carbocycles. The van der Waals surface area contributed by atoms with Crippen molar-refractivity contribution in [2.24, 2.45) is 5.73 Å². The molecule has 0 saturated heterocycles. The van der Waals surface area contributed by atoms with Crippen LogP contribution in [0.25, 0.3) is 11.2 Å². The molecule has 2 N–H and O–H groups in total. The summed E-state index contributed by atoms with van der Waals surface area (Å²) in [4.78, 5) is 20.6. The summed E-state index contributed by atoms with van der Waals surface area (Å²) in [5, 5.41) is 0. The summed E-state index contributed by atoms with van der Waals surface area (Å²) < 4.78 is 6.99. The predicted molar refractivity (Wildman–Crippen MR) is 75.8 cm³/mol. The summed E-state index contributed by atoms with van der Waals surface area (Å²) in [7, 11) is 1.58. The molecule has 6 heteroatoms. The van der Waals surface area contributed by atoms with Crippen molar-refractivity contribution in [2.75, 3.05) is 7.11 Å². The maximum atomic E-state index is 12.2. The first-order chi connectivity index (χ1) is 9.69. The minimum absolute atomic E-state index is 0.0898. The Kier molecular flexibility index (Phi) is 3.40. The van der Waals surface area contributed by atoms with E-state index in [-0.39, 0.29) is 17.6 Å². The fourth-order valence-electron chi connectivity index (χ4n) is 2.85. The molecule has 20 heavy (non-hydrogen) atoms. The lowest BCUT2D eigenvalue weighted by Crippen LogP contribution is -2.32. The van der Waals surface area contributed by atoms with E-state index < -0.39 is 0 Å². The summed E-state index contributed by atoms with van der Waals surface area (Å²) in [6.45, 7) is 0. The van der Waals surface area contributed by atoms with E-state index in [1.165, 1.54) is 6.20 Å². The topological polar surface area (TPSA) is 83.0 Å². The maximum Gasteiger partial charge on any atom is 0.269 e. The van der Waals surface area contributed by atoms with Crippen LogP contribution in [0.15, 0.2) is 23.3 Å². The molecule has 0 amide bonds. The molecule has 0 aliphatic heterocycles. The molecule has 0 unspecified atom stereocenters. The highest BCUT2D eigenvalue weighted by Gasteiger charge is 2.22. The highest BCUT2D eigenvalue weighted by Crippen LogP contribution is 2.29. The summed E-state index contributed by atoms with van der Waals surface area (Å²) >= 11 is 0. The number of rotatable bonds is 2. The number of ether oxygens (including phenoxy) is 1. The van der Waals surface area contributed by atoms with E-state index in [4.69, 9.17) is 10.5 Å². The summed E-state index contributed by atoms with van der Waals surface area (Å²) in [5.74, 6) is 0.631. The maximum absolute atomic E-state index is 12.2. The minimum Gasteiger partial charge on any atom is -0.495 e. The second kappa shape index (κ2) is 5.20. The number of nitrogens with two attached hydrogens (primary N) is 1. The predicted octanol–water partition coefficient (Wildman–Crippen LogP) is 1.24. The number of pyridine rings is 1. The van der Waals surface area contributed by atoms with E-state index >= 15 is 0 Å². The Labute approximate surface area is 116 Å². The van der Waals surface area contributed by atoms with Gasteiger partial charge in [-0.1, -0.05) is 0 Å². The largest absolute Gasteiger partial charge is 0.495 e. The molecular formula is C14H18N4O2. The lowest BCUT2D eigenvalue weighted by atomic mass is 9.91. The molecular weight excluding hydrogens is 256 g/mol. The summed E-state index contributed by atoms with van der Waals surface area (Å²) in [6.07, 6.45) is 6.67. The van der Waals surface area contributed by atoms with Crippen molar-refractivity contribution in [3.63, 3.8) is 0 Å². The van der Waals surface area contributed by atoms with Crippen LogP contribution >= 0.6 is 0 Å². The third-order valence-corrected chi connectivity index (χ3v) is 3.96. The lowest BCUT2D eigenvalue weighted by Gasteiger charge is -2.28. The normalized spacial score (nSPS) is 22.9. The zero-order valence-corrected chi connectivity index (χ0v) is 11.5. The first-order valence-corrected chi connectivity index (χ1v) is 6.86. The van der Waals surface area contributed by atoms with Crippen LogP contribution in [-0.2, 0) is 0 Å². The molecule has 0 aromatic carbocycles. The van der Waals surface area contributed by atoms with Gasteiger partial charge in [0.1, 0.15) is 5.75 Å². The highest BCUT2D eigenvalue weighted by molar-refractivity contribution is 5.71. The molecule has 106 valence electrons. The van der Waals surface area contributed by atoms with E-state index in [9.17, 15) is 4.79 Å². The Bertz CT molecular complexity index is 674. The average Bonchev–Trinajstić information content (AvgIpc) is 2.48. The quantitative estimate of drug-likeness (QED) is 0.891. The van der Waals surface area contributed by atoms with Gasteiger partial charge in [-0.25, -0.2) is 9.97 Å². The number of nitrogens with zero attached hydrogens (tertiary/aromatic N) is 3. The van der Waals surface area contributed by atoms with Gasteiger partial charge in [-0.2, -0.15) is 0 Å². The third-order valence-electron chi connectivity index (χ3n) is 3.96. The Morgan fingerprint density at radius 2 is 1.95 bits per heavy atom. The molecule has 2 heterocycles. The van der Waals surface area contributed by atoms with Crippen LogP contribution in [0.4, 0.5) is 0 Å². The van der Waals surface area contributed by atoms with Crippen molar-refractivity contribution in [1.82, 2.24) is 14.5 Å². The minimum atomic E-state index is -0.0898. The van der Waals surface area contributed by atoms with Crippen molar-refractivity contribution in [2.45, 2.75) is 37.8 Å². The Hall–Kier alpha value is -1.95. The van der Waals surface area contributed by atoms with Crippen LogP contribution < -0.4 is 16.0 Å². The van der Waals surface area contributed by atoms with Gasteiger partial charge in [0.05, 0.1) is 25.0 Å². The molecule has 3 rings (SSSR count). The first-order valence-electron chi connectivity index (χ1n) is 6.86. The lowest BCUT2D eigenvalue weighted by molar-refractivity contribution is 0.323. The Balaban J connectivity index is 2.12. The molecule has 2 aromatic heterocycles. The standard InChI is InChI=1S/C14H18N4O2/c1-20-11-6-12-14(16-7-11)17-8-13(19)18(12)10-4-2-9(15)3-5-10/h6-10H,2-5,15H2,1H3. The zero-order chi connectivity index (χ0) is 14.1. The Morgan fingerprint density at radius 1 is 1.25 bits per heavy atom. The van der Waals surface area contributed by atoms with E-state index in [0.29, 0.717) is 11.4 Å². The van der Waals surface area contributed by atoms with Crippen molar-refractivity contribution in [3.8, 4) is 5.75 Å². The van der Waals surface area contributed by atoms with Gasteiger partial charge in [0.15, 0.2) is 5.65 Å². The molecule has 2 aromatic rings. The van der Waals surface area contributed by atoms with Crippen molar-refractivity contribution < 1.29 is 4.74 Å². The second-order valence-electron chi connectivity index (χ2n) is 5.25. The van der Waals surface area contributed by atoms with Gasteiger partial charge >= 0.3 is 0 Å². The number of methoxy groups -OCH3 is 1. The van der Waals surface area contributed by atoms with Crippen LogP contribution in [0.2, 0.25) is 0 Å². The van der Waals surface area contributed by atoms with Crippen molar-refractivity contribution in [1.29, 1.82) is 0 Å². The van der Waals surface area contributed by atoms with Crippen LogP contribution in [-0.4, -0.2) is 27.7 Å². The van der Waals surface area contributed by atoms with Gasteiger partial charge in [0, 0.05) is 18.2 Å². The fraction of sp³-hybridized carbons (Fsp3) is 0.500. The average molecular weight is 274 g/mol.